The molecule has 146 valence electrons. The number of nitrogens with zero attached hydrogens (tertiary/aromatic N) is 4. The predicted octanol–water partition coefficient (Wildman–Crippen LogP) is 1.31. The van der Waals surface area contributed by atoms with Crippen molar-refractivity contribution in [1.82, 2.24) is 14.7 Å². The second kappa shape index (κ2) is 8.81. The molecule has 7 nitrogen and oxygen atoms in total. The van der Waals surface area contributed by atoms with Crippen LogP contribution in [-0.2, 0) is 14.8 Å². The van der Waals surface area contributed by atoms with Crippen molar-refractivity contribution in [3.63, 3.8) is 0 Å². The Hall–Kier alpha value is -1.67. The Morgan fingerprint density at radius 3 is 2.54 bits per heavy atom. The van der Waals surface area contributed by atoms with Crippen LogP contribution in [0, 0.1) is 5.92 Å². The van der Waals surface area contributed by atoms with Crippen molar-refractivity contribution in [3.8, 4) is 0 Å². The maximum atomic E-state index is 13.0. The van der Waals surface area contributed by atoms with E-state index in [1.807, 2.05) is 4.90 Å². The zero-order chi connectivity index (χ0) is 19.3. The van der Waals surface area contributed by atoms with Crippen molar-refractivity contribution in [2.75, 3.05) is 45.0 Å². The summed E-state index contributed by atoms with van der Waals surface area (Å²) in [7, 11) is -3.38. The number of amidine groups is 1. The summed E-state index contributed by atoms with van der Waals surface area (Å²) in [6.07, 6.45) is 5.01. The maximum Gasteiger partial charge on any atom is 0.256 e. The van der Waals surface area contributed by atoms with Gasteiger partial charge in [0.25, 0.3) is 15.9 Å². The molecule has 0 aliphatic carbocycles. The molecule has 0 unspecified atom stereocenters. The summed E-state index contributed by atoms with van der Waals surface area (Å²) < 4.78 is 27.0. The summed E-state index contributed by atoms with van der Waals surface area (Å²) in [6.45, 7) is 12.9. The highest BCUT2D eigenvalue weighted by atomic mass is 32.2. The number of hydrogen-bond acceptors (Lipinski definition) is 5. The summed E-state index contributed by atoms with van der Waals surface area (Å²) in [4.78, 5) is 19.0. The Balaban J connectivity index is 2.13. The molecule has 8 heteroatoms. The first-order valence-electron chi connectivity index (χ1n) is 9.26. The normalized spacial score (nSPS) is 18.6. The number of rotatable bonds is 8. The van der Waals surface area contributed by atoms with Crippen LogP contribution in [-0.4, -0.2) is 79.9 Å². The van der Waals surface area contributed by atoms with Crippen LogP contribution < -0.4 is 0 Å². The molecule has 2 aliphatic heterocycles. The topological polar surface area (TPSA) is 73.3 Å². The van der Waals surface area contributed by atoms with Gasteiger partial charge in [0.15, 0.2) is 0 Å². The quantitative estimate of drug-likeness (QED) is 0.633. The molecule has 0 atom stereocenters. The van der Waals surface area contributed by atoms with Gasteiger partial charge in [0.05, 0.1) is 11.3 Å². The number of sulfonamides is 1. The van der Waals surface area contributed by atoms with Gasteiger partial charge in [0.2, 0.25) is 0 Å². The fraction of sp³-hybridized carbons (Fsp3) is 0.667. The maximum absolute atomic E-state index is 13.0. The molecule has 2 rings (SSSR count). The molecule has 0 fully saturated rings. The first-order valence-corrected chi connectivity index (χ1v) is 10.9. The average molecular weight is 383 g/mol. The molecule has 2 heterocycles. The lowest BCUT2D eigenvalue weighted by Crippen LogP contribution is -2.42. The van der Waals surface area contributed by atoms with Crippen LogP contribution in [0.3, 0.4) is 0 Å². The van der Waals surface area contributed by atoms with Gasteiger partial charge in [-0.1, -0.05) is 27.7 Å². The van der Waals surface area contributed by atoms with Gasteiger partial charge in [0, 0.05) is 32.4 Å². The molecule has 0 aromatic carbocycles. The molecular formula is C18H30N4O3S. The molecule has 0 spiro atoms. The van der Waals surface area contributed by atoms with Crippen LogP contribution in [0.5, 0.6) is 0 Å². The summed E-state index contributed by atoms with van der Waals surface area (Å²) in [5.41, 5.74) is 0.573. The average Bonchev–Trinajstić information content (AvgIpc) is 2.59. The molecule has 0 bridgehead atoms. The first-order chi connectivity index (χ1) is 12.3. The van der Waals surface area contributed by atoms with Gasteiger partial charge in [0.1, 0.15) is 5.84 Å². The molecule has 0 saturated heterocycles. The molecule has 0 saturated carbocycles. The minimum absolute atomic E-state index is 0.0189. The highest BCUT2D eigenvalue weighted by Gasteiger charge is 2.26. The van der Waals surface area contributed by atoms with E-state index in [-0.39, 0.29) is 11.7 Å². The monoisotopic (exact) mass is 382 g/mol. The molecule has 0 aromatic rings. The predicted molar refractivity (Wildman–Crippen MR) is 104 cm³/mol. The Morgan fingerprint density at radius 2 is 1.92 bits per heavy atom. The Morgan fingerprint density at radius 1 is 1.23 bits per heavy atom. The van der Waals surface area contributed by atoms with Crippen LogP contribution in [0.1, 0.15) is 27.7 Å². The third-order valence-electron chi connectivity index (χ3n) is 4.52. The standard InChI is InChI=1S/C18H30N4O3S/c1-5-20(6-2)9-10-22(13-15(3)4)18(23)16-7-8-17-19-26(24,25)12-11-21(17)14-16/h7-8,14-15H,5-6,9-13H2,1-4H3. The third-order valence-corrected chi connectivity index (χ3v) is 5.69. The van der Waals surface area contributed by atoms with E-state index in [1.54, 1.807) is 23.3 Å². The molecular weight excluding hydrogens is 352 g/mol. The van der Waals surface area contributed by atoms with E-state index >= 15 is 0 Å². The fourth-order valence-corrected chi connectivity index (χ4v) is 4.00. The highest BCUT2D eigenvalue weighted by molar-refractivity contribution is 7.90. The van der Waals surface area contributed by atoms with Crippen LogP contribution in [0.2, 0.25) is 0 Å². The molecule has 1 amide bonds. The van der Waals surface area contributed by atoms with Crippen molar-refractivity contribution in [3.05, 3.63) is 23.9 Å². The van der Waals surface area contributed by atoms with Gasteiger partial charge in [-0.3, -0.25) is 4.79 Å². The minimum atomic E-state index is -3.38. The lowest BCUT2D eigenvalue weighted by molar-refractivity contribution is -0.127. The van der Waals surface area contributed by atoms with Crippen molar-refractivity contribution in [1.29, 1.82) is 0 Å². The number of carbonyl (C=O) groups excluding carboxylic acids is 1. The van der Waals surface area contributed by atoms with Crippen molar-refractivity contribution in [2.45, 2.75) is 27.7 Å². The van der Waals surface area contributed by atoms with Gasteiger partial charge in [-0.2, -0.15) is 0 Å². The molecule has 0 N–H and O–H groups in total. The summed E-state index contributed by atoms with van der Waals surface area (Å²) >= 11 is 0. The van der Waals surface area contributed by atoms with Crippen molar-refractivity contribution < 1.29 is 13.2 Å². The zero-order valence-corrected chi connectivity index (χ0v) is 17.0. The van der Waals surface area contributed by atoms with E-state index in [0.717, 1.165) is 19.6 Å². The highest BCUT2D eigenvalue weighted by Crippen LogP contribution is 2.18. The Kier molecular flexibility index (Phi) is 7.00. The van der Waals surface area contributed by atoms with E-state index in [9.17, 15) is 13.2 Å². The van der Waals surface area contributed by atoms with E-state index < -0.39 is 10.0 Å². The fourth-order valence-electron chi connectivity index (χ4n) is 3.03. The Labute approximate surface area is 157 Å². The van der Waals surface area contributed by atoms with Gasteiger partial charge >= 0.3 is 0 Å². The largest absolute Gasteiger partial charge is 0.337 e. The van der Waals surface area contributed by atoms with E-state index in [2.05, 4.69) is 37.0 Å². The van der Waals surface area contributed by atoms with Gasteiger partial charge < -0.3 is 14.7 Å². The van der Waals surface area contributed by atoms with Gasteiger partial charge in [-0.15, -0.1) is 4.40 Å². The third kappa shape index (κ3) is 5.41. The number of hydrogen-bond donors (Lipinski definition) is 0. The summed E-state index contributed by atoms with van der Waals surface area (Å²) in [5, 5.41) is 0. The minimum Gasteiger partial charge on any atom is -0.337 e. The number of likely N-dealkylation sites (N-methyl/N-ethyl adjacent to an activating group) is 1. The lowest BCUT2D eigenvalue weighted by atomic mass is 10.1. The molecule has 26 heavy (non-hydrogen) atoms. The number of carbonyl (C=O) groups is 1. The first kappa shape index (κ1) is 20.6. The second-order valence-electron chi connectivity index (χ2n) is 7.02. The number of amides is 1. The van der Waals surface area contributed by atoms with E-state index in [0.29, 0.717) is 37.0 Å². The second-order valence-corrected chi connectivity index (χ2v) is 8.77. The van der Waals surface area contributed by atoms with E-state index in [1.165, 1.54) is 0 Å². The van der Waals surface area contributed by atoms with Crippen LogP contribution in [0.15, 0.2) is 28.3 Å². The van der Waals surface area contributed by atoms with Crippen molar-refractivity contribution in [2.24, 2.45) is 10.3 Å². The Bertz CT molecular complexity index is 706. The van der Waals surface area contributed by atoms with Crippen LogP contribution >= 0.6 is 0 Å². The van der Waals surface area contributed by atoms with Gasteiger partial charge in [-0.05, 0) is 31.2 Å². The van der Waals surface area contributed by atoms with Crippen LogP contribution in [0.4, 0.5) is 0 Å². The smallest absolute Gasteiger partial charge is 0.256 e. The SMILES string of the molecule is CCN(CC)CCN(CC(C)C)C(=O)C1=CN2CCS(=O)(=O)N=C2C=C1. The zero-order valence-electron chi connectivity index (χ0n) is 16.2. The lowest BCUT2D eigenvalue weighted by Gasteiger charge is -2.31. The summed E-state index contributed by atoms with van der Waals surface area (Å²) in [5.74, 6) is 0.710. The summed E-state index contributed by atoms with van der Waals surface area (Å²) in [6, 6.07) is 0. The molecule has 0 radical (unpaired) electrons. The van der Waals surface area contributed by atoms with Crippen LogP contribution in [0.25, 0.3) is 0 Å². The van der Waals surface area contributed by atoms with Crippen molar-refractivity contribution >= 4 is 21.8 Å². The van der Waals surface area contributed by atoms with E-state index in [4.69, 9.17) is 0 Å². The van der Waals surface area contributed by atoms with Gasteiger partial charge in [-0.25, -0.2) is 8.42 Å². The number of fused-ring (bicyclic) bond motifs is 1. The molecule has 0 aromatic heterocycles. The molecule has 2 aliphatic rings.